The van der Waals surface area contributed by atoms with Gasteiger partial charge in [0.25, 0.3) is 0 Å². The summed E-state index contributed by atoms with van der Waals surface area (Å²) < 4.78 is 0. The molecule has 0 saturated carbocycles. The van der Waals surface area contributed by atoms with Crippen molar-refractivity contribution < 1.29 is 9.59 Å². The maximum Gasteiger partial charge on any atom is 0.196 e. The highest BCUT2D eigenvalue weighted by Crippen LogP contribution is 2.27. The van der Waals surface area contributed by atoms with E-state index in [9.17, 15) is 9.59 Å². The molecule has 144 valence electrons. The normalized spacial score (nSPS) is 10.3. The van der Waals surface area contributed by atoms with Gasteiger partial charge in [-0.15, -0.1) is 0 Å². The topological polar surface area (TPSA) is 34.1 Å². The minimum Gasteiger partial charge on any atom is -0.288 e. The maximum absolute atomic E-state index is 13.3. The first-order valence-electron chi connectivity index (χ1n) is 9.79. The van der Waals surface area contributed by atoms with Crippen molar-refractivity contribution >= 4 is 17.6 Å². The number of hydrogen-bond donors (Lipinski definition) is 0. The molecular weight excluding hydrogens is 368 g/mol. The molecule has 0 aliphatic carbocycles. The lowest BCUT2D eigenvalue weighted by molar-refractivity contribution is 0.0964. The Labute approximate surface area is 176 Å². The highest BCUT2D eigenvalue weighted by atomic mass is 16.1. The first kappa shape index (κ1) is 19.3. The average molecular weight is 388 g/mol. The van der Waals surface area contributed by atoms with Crippen LogP contribution in [0.25, 0.3) is 17.2 Å². The molecule has 2 heteroatoms. The van der Waals surface area contributed by atoms with Crippen molar-refractivity contribution in [3.8, 4) is 11.1 Å². The molecule has 0 atom stereocenters. The molecule has 4 aromatic rings. The molecule has 4 rings (SSSR count). The summed E-state index contributed by atoms with van der Waals surface area (Å²) in [5, 5.41) is 0. The number of carbonyl (C=O) groups excluding carboxylic acids is 2. The van der Waals surface area contributed by atoms with E-state index in [1.807, 2.05) is 66.7 Å². The van der Waals surface area contributed by atoms with Gasteiger partial charge in [-0.1, -0.05) is 115 Å². The summed E-state index contributed by atoms with van der Waals surface area (Å²) in [5.41, 5.74) is 3.96. The summed E-state index contributed by atoms with van der Waals surface area (Å²) >= 11 is 0. The van der Waals surface area contributed by atoms with E-state index >= 15 is 0 Å². The third-order valence-electron chi connectivity index (χ3n) is 4.91. The van der Waals surface area contributed by atoms with Gasteiger partial charge in [0.1, 0.15) is 0 Å². The Hall–Kier alpha value is -4.04. The van der Waals surface area contributed by atoms with Crippen LogP contribution < -0.4 is 0 Å². The molecule has 0 heterocycles. The van der Waals surface area contributed by atoms with Crippen LogP contribution in [0.1, 0.15) is 26.3 Å². The van der Waals surface area contributed by atoms with Gasteiger partial charge < -0.3 is 0 Å². The molecule has 0 aliphatic heterocycles. The first-order chi connectivity index (χ1) is 14.7. The Morgan fingerprint density at radius 3 is 1.47 bits per heavy atom. The van der Waals surface area contributed by atoms with Crippen LogP contribution in [0.4, 0.5) is 0 Å². The lowest BCUT2D eigenvalue weighted by Gasteiger charge is -2.10. The largest absolute Gasteiger partial charge is 0.288 e. The van der Waals surface area contributed by atoms with Crippen LogP contribution in [0.3, 0.4) is 0 Å². The molecule has 30 heavy (non-hydrogen) atoms. The van der Waals surface area contributed by atoms with E-state index in [1.54, 1.807) is 54.6 Å². The molecule has 2 nitrogen and oxygen atoms in total. The van der Waals surface area contributed by atoms with Crippen LogP contribution in [0.5, 0.6) is 0 Å². The highest BCUT2D eigenvalue weighted by Gasteiger charge is 2.21. The van der Waals surface area contributed by atoms with Gasteiger partial charge in [-0.05, 0) is 22.8 Å². The van der Waals surface area contributed by atoms with Crippen LogP contribution in [0.15, 0.2) is 121 Å². The van der Waals surface area contributed by atoms with Crippen LogP contribution in [-0.4, -0.2) is 11.6 Å². The van der Waals surface area contributed by atoms with Crippen molar-refractivity contribution in [2.75, 3.05) is 0 Å². The van der Waals surface area contributed by atoms with Crippen LogP contribution in [0, 0.1) is 0 Å². The number of carbonyl (C=O) groups is 2. The van der Waals surface area contributed by atoms with E-state index in [1.165, 1.54) is 0 Å². The van der Waals surface area contributed by atoms with Crippen molar-refractivity contribution in [3.63, 3.8) is 0 Å². The molecule has 0 amide bonds. The van der Waals surface area contributed by atoms with Crippen molar-refractivity contribution in [2.45, 2.75) is 0 Å². The quantitative estimate of drug-likeness (QED) is 0.163. The zero-order chi connectivity index (χ0) is 20.8. The number of allylic oxidation sites excluding steroid dienone is 1. The highest BCUT2D eigenvalue weighted by molar-refractivity contribution is 6.33. The number of hydrogen-bond acceptors (Lipinski definition) is 2. The lowest BCUT2D eigenvalue weighted by atomic mass is 9.91. The van der Waals surface area contributed by atoms with Crippen LogP contribution >= 0.6 is 0 Å². The molecule has 0 bridgehead atoms. The summed E-state index contributed by atoms with van der Waals surface area (Å²) in [7, 11) is 0. The maximum atomic E-state index is 13.3. The van der Waals surface area contributed by atoms with Crippen molar-refractivity contribution in [1.29, 1.82) is 0 Å². The van der Waals surface area contributed by atoms with E-state index < -0.39 is 0 Å². The Morgan fingerprint density at radius 2 is 0.933 bits per heavy atom. The van der Waals surface area contributed by atoms with E-state index in [0.29, 0.717) is 11.1 Å². The van der Waals surface area contributed by atoms with Gasteiger partial charge in [-0.3, -0.25) is 9.59 Å². The Balaban J connectivity index is 1.86. The summed E-state index contributed by atoms with van der Waals surface area (Å²) in [6.07, 6.45) is 1.72. The second-order valence-corrected chi connectivity index (χ2v) is 6.90. The van der Waals surface area contributed by atoms with Crippen LogP contribution in [-0.2, 0) is 0 Å². The van der Waals surface area contributed by atoms with Gasteiger partial charge >= 0.3 is 0 Å². The second kappa shape index (κ2) is 8.97. The molecule has 0 fully saturated rings. The average Bonchev–Trinajstić information content (AvgIpc) is 2.83. The number of benzene rings is 4. The zero-order valence-electron chi connectivity index (χ0n) is 16.4. The van der Waals surface area contributed by atoms with Crippen LogP contribution in [0.2, 0.25) is 0 Å². The molecule has 0 radical (unpaired) electrons. The summed E-state index contributed by atoms with van der Waals surface area (Å²) in [6, 6.07) is 35.6. The number of Topliss-reactive ketones (excluding diaryl/α,β-unsaturated/α-hetero) is 2. The van der Waals surface area contributed by atoms with Crippen molar-refractivity contribution in [3.05, 3.63) is 138 Å². The molecule has 0 N–H and O–H groups in total. The molecule has 0 aromatic heterocycles. The van der Waals surface area contributed by atoms with Gasteiger partial charge in [0.15, 0.2) is 11.6 Å². The fraction of sp³-hybridized carbons (Fsp3) is 0. The number of rotatable bonds is 6. The van der Waals surface area contributed by atoms with Gasteiger partial charge in [-0.25, -0.2) is 0 Å². The van der Waals surface area contributed by atoms with Crippen molar-refractivity contribution in [2.24, 2.45) is 0 Å². The SMILES string of the molecule is O=C(C(=Cc1ccccc1-c1ccccc1)C(=O)c1ccccc1)c1ccccc1. The predicted octanol–water partition coefficient (Wildman–Crippen LogP) is 6.50. The monoisotopic (exact) mass is 388 g/mol. The third-order valence-corrected chi connectivity index (χ3v) is 4.91. The predicted molar refractivity (Wildman–Crippen MR) is 121 cm³/mol. The van der Waals surface area contributed by atoms with E-state index in [2.05, 4.69) is 0 Å². The fourth-order valence-corrected chi connectivity index (χ4v) is 3.38. The second-order valence-electron chi connectivity index (χ2n) is 6.90. The zero-order valence-corrected chi connectivity index (χ0v) is 16.4. The molecule has 0 aliphatic rings. The van der Waals surface area contributed by atoms with Gasteiger partial charge in [0.05, 0.1) is 5.57 Å². The van der Waals surface area contributed by atoms with E-state index in [-0.39, 0.29) is 17.1 Å². The Kier molecular flexibility index (Phi) is 5.77. The third kappa shape index (κ3) is 4.18. The Bertz CT molecular complexity index is 1140. The standard InChI is InChI=1S/C28H20O2/c29-27(22-14-6-2-7-15-22)26(28(30)23-16-8-3-9-17-23)20-24-18-10-11-19-25(24)21-12-4-1-5-13-21/h1-20H. The fourth-order valence-electron chi connectivity index (χ4n) is 3.38. The minimum absolute atomic E-state index is 0.149. The summed E-state index contributed by atoms with van der Waals surface area (Å²) in [6.45, 7) is 0. The number of ketones is 2. The minimum atomic E-state index is -0.285. The molecule has 0 spiro atoms. The van der Waals surface area contributed by atoms with E-state index in [4.69, 9.17) is 0 Å². The molecule has 4 aromatic carbocycles. The smallest absolute Gasteiger partial charge is 0.196 e. The summed E-state index contributed by atoms with van der Waals surface area (Å²) in [5.74, 6) is -0.570. The summed E-state index contributed by atoms with van der Waals surface area (Å²) in [4.78, 5) is 26.6. The van der Waals surface area contributed by atoms with Gasteiger partial charge in [0.2, 0.25) is 0 Å². The molecule has 0 saturated heterocycles. The molecular formula is C28H20O2. The van der Waals surface area contributed by atoms with Crippen molar-refractivity contribution in [1.82, 2.24) is 0 Å². The van der Waals surface area contributed by atoms with E-state index in [0.717, 1.165) is 16.7 Å². The first-order valence-corrected chi connectivity index (χ1v) is 9.79. The Morgan fingerprint density at radius 1 is 0.500 bits per heavy atom. The van der Waals surface area contributed by atoms with Gasteiger partial charge in [0, 0.05) is 11.1 Å². The van der Waals surface area contributed by atoms with Gasteiger partial charge in [-0.2, -0.15) is 0 Å². The molecule has 0 unspecified atom stereocenters. The lowest BCUT2D eigenvalue weighted by Crippen LogP contribution is -2.14.